The van der Waals surface area contributed by atoms with Crippen molar-refractivity contribution in [3.8, 4) is 22.7 Å². The zero-order valence-electron chi connectivity index (χ0n) is 14.0. The van der Waals surface area contributed by atoms with E-state index in [-0.39, 0.29) is 5.56 Å². The molecule has 0 atom stereocenters. The first-order chi connectivity index (χ1) is 12.2. The number of hydrogen-bond acceptors (Lipinski definition) is 3. The molecule has 0 fully saturated rings. The van der Waals surface area contributed by atoms with E-state index in [9.17, 15) is 4.79 Å². The molecule has 0 aliphatic rings. The third-order valence-corrected chi connectivity index (χ3v) is 4.36. The third-order valence-electron chi connectivity index (χ3n) is 4.36. The number of fused-ring (bicyclic) bond motifs is 1. The molecule has 25 heavy (non-hydrogen) atoms. The van der Waals surface area contributed by atoms with Crippen LogP contribution in [0.1, 0.15) is 0 Å². The number of para-hydroxylation sites is 2. The maximum absolute atomic E-state index is 13.1. The van der Waals surface area contributed by atoms with Gasteiger partial charge < -0.3 is 9.30 Å². The Hall–Kier alpha value is -3.34. The van der Waals surface area contributed by atoms with Gasteiger partial charge in [-0.3, -0.25) is 4.79 Å². The largest absolute Gasteiger partial charge is 0.495 e. The summed E-state index contributed by atoms with van der Waals surface area (Å²) in [5.74, 6) is 0.566. The Balaban J connectivity index is 2.09. The van der Waals surface area contributed by atoms with Crippen LogP contribution in [0.4, 0.5) is 0 Å². The highest BCUT2D eigenvalue weighted by Gasteiger charge is 2.21. The topological polar surface area (TPSA) is 49.1 Å². The Morgan fingerprint density at radius 3 is 2.44 bits per heavy atom. The van der Waals surface area contributed by atoms with E-state index in [0.29, 0.717) is 17.0 Å². The molecular formula is C20H17N3O2. The molecule has 0 aliphatic carbocycles. The molecule has 0 spiro atoms. The molecule has 0 unspecified atom stereocenters. The summed E-state index contributed by atoms with van der Waals surface area (Å²) in [6.07, 6.45) is 1.69. The quantitative estimate of drug-likeness (QED) is 0.578. The minimum absolute atomic E-state index is 0.117. The van der Waals surface area contributed by atoms with Gasteiger partial charge >= 0.3 is 0 Å². The van der Waals surface area contributed by atoms with E-state index >= 15 is 0 Å². The molecule has 0 amide bonds. The number of methoxy groups -OCH3 is 1. The van der Waals surface area contributed by atoms with E-state index in [1.807, 2.05) is 60.7 Å². The van der Waals surface area contributed by atoms with Crippen LogP contribution in [0, 0.1) is 0 Å². The number of aryl methyl sites for hydroxylation is 1. The summed E-state index contributed by atoms with van der Waals surface area (Å²) in [7, 11) is 3.37. The van der Waals surface area contributed by atoms with E-state index in [0.717, 1.165) is 16.6 Å². The Labute approximate surface area is 144 Å². The van der Waals surface area contributed by atoms with Gasteiger partial charge in [-0.2, -0.15) is 5.10 Å². The van der Waals surface area contributed by atoms with Gasteiger partial charge in [0.25, 0.3) is 5.56 Å². The van der Waals surface area contributed by atoms with Crippen LogP contribution in [-0.4, -0.2) is 21.5 Å². The van der Waals surface area contributed by atoms with Crippen LogP contribution in [0.3, 0.4) is 0 Å². The van der Waals surface area contributed by atoms with Gasteiger partial charge in [0.1, 0.15) is 11.3 Å². The predicted molar refractivity (Wildman–Crippen MR) is 98.3 cm³/mol. The average molecular weight is 331 g/mol. The van der Waals surface area contributed by atoms with Crippen LogP contribution in [0.25, 0.3) is 27.8 Å². The van der Waals surface area contributed by atoms with Crippen molar-refractivity contribution in [1.29, 1.82) is 0 Å². The molecule has 2 aromatic carbocycles. The zero-order chi connectivity index (χ0) is 17.4. The van der Waals surface area contributed by atoms with Crippen molar-refractivity contribution < 1.29 is 4.74 Å². The smallest absolute Gasteiger partial charge is 0.264 e. The summed E-state index contributed by atoms with van der Waals surface area (Å²) in [6, 6.07) is 19.3. The summed E-state index contributed by atoms with van der Waals surface area (Å²) < 4.78 is 9.06. The number of rotatable bonds is 3. The lowest BCUT2D eigenvalue weighted by molar-refractivity contribution is 0.420. The summed E-state index contributed by atoms with van der Waals surface area (Å²) in [6.45, 7) is 0. The van der Waals surface area contributed by atoms with Crippen LogP contribution >= 0.6 is 0 Å². The molecule has 5 heteroatoms. The van der Waals surface area contributed by atoms with Crippen molar-refractivity contribution in [3.63, 3.8) is 0 Å². The molecule has 0 radical (unpaired) electrons. The lowest BCUT2D eigenvalue weighted by Gasteiger charge is -2.15. The number of benzene rings is 2. The predicted octanol–water partition coefficient (Wildman–Crippen LogP) is 3.40. The molecule has 0 bridgehead atoms. The monoisotopic (exact) mass is 331 g/mol. The number of hydrogen-bond donors (Lipinski definition) is 0. The van der Waals surface area contributed by atoms with E-state index in [1.165, 1.54) is 0 Å². The normalized spacial score (nSPS) is 11.0. The minimum atomic E-state index is -0.117. The van der Waals surface area contributed by atoms with Crippen LogP contribution in [0.5, 0.6) is 5.75 Å². The van der Waals surface area contributed by atoms with Crippen molar-refractivity contribution in [2.75, 3.05) is 7.11 Å². The summed E-state index contributed by atoms with van der Waals surface area (Å²) in [4.78, 5) is 13.1. The number of ether oxygens (including phenoxy) is 1. The summed E-state index contributed by atoms with van der Waals surface area (Å²) in [5, 5.41) is 5.29. The summed E-state index contributed by atoms with van der Waals surface area (Å²) in [5.41, 5.74) is 2.81. The first-order valence-corrected chi connectivity index (χ1v) is 7.98. The van der Waals surface area contributed by atoms with Crippen LogP contribution < -0.4 is 10.3 Å². The van der Waals surface area contributed by atoms with Crippen molar-refractivity contribution >= 4 is 10.9 Å². The number of nitrogens with zero attached hydrogens (tertiary/aromatic N) is 3. The molecule has 2 aromatic heterocycles. The van der Waals surface area contributed by atoms with Crippen LogP contribution in [-0.2, 0) is 7.05 Å². The Kier molecular flexibility index (Phi) is 3.61. The van der Waals surface area contributed by atoms with Gasteiger partial charge in [-0.25, -0.2) is 4.68 Å². The summed E-state index contributed by atoms with van der Waals surface area (Å²) >= 11 is 0. The molecule has 0 saturated carbocycles. The Morgan fingerprint density at radius 2 is 1.68 bits per heavy atom. The van der Waals surface area contributed by atoms with Crippen molar-refractivity contribution in [2.24, 2.45) is 7.05 Å². The highest BCUT2D eigenvalue weighted by molar-refractivity contribution is 5.92. The first-order valence-electron chi connectivity index (χ1n) is 7.98. The lowest BCUT2D eigenvalue weighted by Crippen LogP contribution is -2.21. The number of aromatic nitrogens is 3. The van der Waals surface area contributed by atoms with E-state index in [1.54, 1.807) is 29.6 Å². The molecule has 124 valence electrons. The Morgan fingerprint density at radius 1 is 0.960 bits per heavy atom. The van der Waals surface area contributed by atoms with Crippen molar-refractivity contribution in [3.05, 3.63) is 77.2 Å². The molecular weight excluding hydrogens is 314 g/mol. The molecule has 4 rings (SSSR count). The van der Waals surface area contributed by atoms with Gasteiger partial charge in [0.05, 0.1) is 30.2 Å². The second kappa shape index (κ2) is 5.94. The molecule has 0 aliphatic heterocycles. The van der Waals surface area contributed by atoms with Gasteiger partial charge in [-0.1, -0.05) is 30.3 Å². The van der Waals surface area contributed by atoms with Crippen LogP contribution in [0.15, 0.2) is 71.7 Å². The van der Waals surface area contributed by atoms with Gasteiger partial charge in [0, 0.05) is 12.4 Å². The molecule has 2 heterocycles. The Bertz CT molecular complexity index is 1110. The molecule has 4 aromatic rings. The fourth-order valence-electron chi connectivity index (χ4n) is 3.17. The third kappa shape index (κ3) is 2.32. The maximum Gasteiger partial charge on any atom is 0.264 e. The standard InChI is InChI=1S/C20H17N3O2/c1-22-16-11-7-6-10-15(16)19(25-2)18(20(22)24)17-12-13-21-23(17)14-8-4-3-5-9-14/h3-13H,1-2H3. The van der Waals surface area contributed by atoms with Gasteiger partial charge in [0.15, 0.2) is 0 Å². The molecule has 5 nitrogen and oxygen atoms in total. The first kappa shape index (κ1) is 15.2. The molecule has 0 N–H and O–H groups in total. The fraction of sp³-hybridized carbons (Fsp3) is 0.100. The zero-order valence-corrected chi connectivity index (χ0v) is 14.0. The second-order valence-electron chi connectivity index (χ2n) is 5.75. The van der Waals surface area contributed by atoms with E-state index < -0.39 is 0 Å². The highest BCUT2D eigenvalue weighted by Crippen LogP contribution is 2.34. The van der Waals surface area contributed by atoms with E-state index in [2.05, 4.69) is 5.10 Å². The lowest BCUT2D eigenvalue weighted by atomic mass is 10.1. The maximum atomic E-state index is 13.1. The minimum Gasteiger partial charge on any atom is -0.495 e. The number of pyridine rings is 1. The molecule has 0 saturated heterocycles. The van der Waals surface area contributed by atoms with Crippen molar-refractivity contribution in [1.82, 2.24) is 14.3 Å². The van der Waals surface area contributed by atoms with Gasteiger partial charge in [0.2, 0.25) is 0 Å². The second-order valence-corrected chi connectivity index (χ2v) is 5.75. The van der Waals surface area contributed by atoms with Crippen LogP contribution in [0.2, 0.25) is 0 Å². The van der Waals surface area contributed by atoms with E-state index in [4.69, 9.17) is 4.74 Å². The van der Waals surface area contributed by atoms with Crippen molar-refractivity contribution in [2.45, 2.75) is 0 Å². The average Bonchev–Trinajstić information content (AvgIpc) is 3.14. The fourth-order valence-corrected chi connectivity index (χ4v) is 3.17. The SMILES string of the molecule is COc1c(-c2ccnn2-c2ccccc2)c(=O)n(C)c2ccccc12. The van der Waals surface area contributed by atoms with Gasteiger partial charge in [-0.15, -0.1) is 0 Å². The van der Waals surface area contributed by atoms with Gasteiger partial charge in [-0.05, 0) is 30.3 Å². The highest BCUT2D eigenvalue weighted by atomic mass is 16.5.